The molecule has 0 aliphatic heterocycles. The molecule has 2 aromatic carbocycles. The van der Waals surface area contributed by atoms with Crippen molar-refractivity contribution in [2.45, 2.75) is 0 Å². The fraction of sp³-hybridized carbons (Fsp3) is 0. The number of nitrogens with zero attached hydrogens (tertiary/aromatic N) is 1. The summed E-state index contributed by atoms with van der Waals surface area (Å²) in [6.07, 6.45) is 6.35. The molecular formula is C23H15ClN2O2. The molecule has 5 heteroatoms. The Labute approximate surface area is 166 Å². The normalized spacial score (nSPS) is 11.2. The lowest BCUT2D eigenvalue weighted by Crippen LogP contribution is -2.18. The van der Waals surface area contributed by atoms with Gasteiger partial charge in [0.15, 0.2) is 5.78 Å². The van der Waals surface area contributed by atoms with Crippen LogP contribution in [0.1, 0.15) is 15.9 Å². The van der Waals surface area contributed by atoms with Gasteiger partial charge in [0.05, 0.1) is 5.56 Å². The van der Waals surface area contributed by atoms with Crippen LogP contribution in [0, 0.1) is 0 Å². The van der Waals surface area contributed by atoms with Crippen molar-refractivity contribution in [3.8, 4) is 11.1 Å². The number of carbonyl (C=O) groups is 1. The maximum Gasteiger partial charge on any atom is 0.260 e. The third-order valence-corrected chi connectivity index (χ3v) is 4.66. The Balaban J connectivity index is 1.92. The fourth-order valence-electron chi connectivity index (χ4n) is 3.12. The number of hydrogen-bond acceptors (Lipinski definition) is 3. The first-order valence-electron chi connectivity index (χ1n) is 8.67. The van der Waals surface area contributed by atoms with E-state index in [2.05, 4.69) is 9.97 Å². The number of hydrogen-bond donors (Lipinski definition) is 1. The Morgan fingerprint density at radius 1 is 1.00 bits per heavy atom. The number of aromatic amines is 1. The second-order valence-corrected chi connectivity index (χ2v) is 6.68. The van der Waals surface area contributed by atoms with E-state index in [1.165, 1.54) is 6.08 Å². The largest absolute Gasteiger partial charge is 0.321 e. The highest BCUT2D eigenvalue weighted by Gasteiger charge is 2.19. The van der Waals surface area contributed by atoms with Crippen LogP contribution in [-0.4, -0.2) is 15.8 Å². The summed E-state index contributed by atoms with van der Waals surface area (Å²) >= 11 is 6.02. The first kappa shape index (κ1) is 17.9. The molecule has 0 aliphatic rings. The number of ketones is 1. The lowest BCUT2D eigenvalue weighted by Gasteiger charge is -2.11. The van der Waals surface area contributed by atoms with Crippen molar-refractivity contribution in [1.82, 2.24) is 9.97 Å². The zero-order chi connectivity index (χ0) is 19.5. The number of allylic oxidation sites excluding steroid dienone is 1. The molecule has 4 nitrogen and oxygen atoms in total. The van der Waals surface area contributed by atoms with Crippen LogP contribution in [0.2, 0.25) is 5.02 Å². The average Bonchev–Trinajstić information content (AvgIpc) is 2.72. The van der Waals surface area contributed by atoms with Gasteiger partial charge in [-0.3, -0.25) is 14.6 Å². The minimum atomic E-state index is -0.426. The lowest BCUT2D eigenvalue weighted by molar-refractivity contribution is 0.104. The second kappa shape index (κ2) is 7.62. The Morgan fingerprint density at radius 2 is 1.79 bits per heavy atom. The van der Waals surface area contributed by atoms with E-state index in [-0.39, 0.29) is 11.3 Å². The third-order valence-electron chi connectivity index (χ3n) is 4.41. The Bertz CT molecular complexity index is 1240. The smallest absolute Gasteiger partial charge is 0.260 e. The maximum absolute atomic E-state index is 13.0. The van der Waals surface area contributed by atoms with E-state index in [1.807, 2.05) is 42.5 Å². The highest BCUT2D eigenvalue weighted by Crippen LogP contribution is 2.30. The first-order chi connectivity index (χ1) is 13.6. The van der Waals surface area contributed by atoms with E-state index < -0.39 is 5.56 Å². The van der Waals surface area contributed by atoms with Gasteiger partial charge in [-0.1, -0.05) is 48.0 Å². The van der Waals surface area contributed by atoms with Crippen LogP contribution >= 0.6 is 11.6 Å². The number of benzene rings is 2. The van der Waals surface area contributed by atoms with E-state index in [0.29, 0.717) is 16.1 Å². The summed E-state index contributed by atoms with van der Waals surface area (Å²) in [7, 11) is 0. The zero-order valence-electron chi connectivity index (χ0n) is 14.7. The summed E-state index contributed by atoms with van der Waals surface area (Å²) in [5.41, 5.74) is 2.47. The van der Waals surface area contributed by atoms with Crippen molar-refractivity contribution in [2.24, 2.45) is 0 Å². The highest BCUT2D eigenvalue weighted by atomic mass is 35.5. The van der Waals surface area contributed by atoms with Gasteiger partial charge in [0.25, 0.3) is 5.56 Å². The van der Waals surface area contributed by atoms with Gasteiger partial charge >= 0.3 is 0 Å². The van der Waals surface area contributed by atoms with Crippen molar-refractivity contribution >= 4 is 34.4 Å². The van der Waals surface area contributed by atoms with Crippen molar-refractivity contribution in [1.29, 1.82) is 0 Å². The van der Waals surface area contributed by atoms with Crippen LogP contribution in [0.25, 0.3) is 28.1 Å². The molecule has 4 rings (SSSR count). The quantitative estimate of drug-likeness (QED) is 0.390. The number of para-hydroxylation sites is 1. The van der Waals surface area contributed by atoms with E-state index >= 15 is 0 Å². The standard InChI is InChI=1S/C23H15ClN2O2/c24-17-10-8-16(9-11-17)21-18-5-1-2-6-19(18)26-23(28)22(21)20(27)12-7-15-4-3-13-25-14-15/h1-14H,(H,26,28)/b12-7+. The average molecular weight is 387 g/mol. The summed E-state index contributed by atoms with van der Waals surface area (Å²) in [6, 6.07) is 18.1. The molecule has 2 aromatic heterocycles. The fourth-order valence-corrected chi connectivity index (χ4v) is 3.25. The number of aromatic nitrogens is 2. The van der Waals surface area contributed by atoms with Gasteiger partial charge in [-0.25, -0.2) is 0 Å². The SMILES string of the molecule is O=C(/C=C/c1cccnc1)c1c(-c2ccc(Cl)cc2)c2ccccc2[nH]c1=O. The summed E-state index contributed by atoms with van der Waals surface area (Å²) < 4.78 is 0. The Kier molecular flexibility index (Phi) is 4.87. The van der Waals surface area contributed by atoms with Gasteiger partial charge in [-0.2, -0.15) is 0 Å². The molecule has 136 valence electrons. The molecule has 0 amide bonds. The second-order valence-electron chi connectivity index (χ2n) is 6.24. The van der Waals surface area contributed by atoms with Crippen LogP contribution < -0.4 is 5.56 Å². The number of carbonyl (C=O) groups excluding carboxylic acids is 1. The molecule has 0 radical (unpaired) electrons. The Hall–Kier alpha value is -3.50. The molecule has 0 spiro atoms. The third kappa shape index (κ3) is 3.50. The molecule has 1 N–H and O–H groups in total. The van der Waals surface area contributed by atoms with Crippen molar-refractivity contribution in [2.75, 3.05) is 0 Å². The van der Waals surface area contributed by atoms with E-state index in [1.54, 1.807) is 36.7 Å². The van der Waals surface area contributed by atoms with Gasteiger partial charge in [0.1, 0.15) is 0 Å². The number of nitrogens with one attached hydrogen (secondary N) is 1. The van der Waals surface area contributed by atoms with E-state index in [0.717, 1.165) is 16.5 Å². The van der Waals surface area contributed by atoms with Crippen LogP contribution in [0.3, 0.4) is 0 Å². The topological polar surface area (TPSA) is 62.8 Å². The lowest BCUT2D eigenvalue weighted by atomic mass is 9.94. The number of pyridine rings is 2. The molecular weight excluding hydrogens is 372 g/mol. The monoisotopic (exact) mass is 386 g/mol. The number of H-pyrrole nitrogens is 1. The molecule has 0 unspecified atom stereocenters. The van der Waals surface area contributed by atoms with Gasteiger partial charge in [0, 0.05) is 33.9 Å². The van der Waals surface area contributed by atoms with E-state index in [4.69, 9.17) is 11.6 Å². The molecule has 0 fully saturated rings. The van der Waals surface area contributed by atoms with Gasteiger partial charge in [0.2, 0.25) is 0 Å². The molecule has 2 heterocycles. The number of rotatable bonds is 4. The molecule has 0 saturated carbocycles. The van der Waals surface area contributed by atoms with Crippen LogP contribution in [0.15, 0.2) is 83.9 Å². The van der Waals surface area contributed by atoms with Gasteiger partial charge < -0.3 is 4.98 Å². The van der Waals surface area contributed by atoms with Gasteiger partial charge in [-0.05, 0) is 47.5 Å². The molecule has 0 saturated heterocycles. The minimum Gasteiger partial charge on any atom is -0.321 e. The summed E-state index contributed by atoms with van der Waals surface area (Å²) in [6.45, 7) is 0. The predicted molar refractivity (Wildman–Crippen MR) is 113 cm³/mol. The Morgan fingerprint density at radius 3 is 2.54 bits per heavy atom. The number of fused-ring (bicyclic) bond motifs is 1. The van der Waals surface area contributed by atoms with Crippen LogP contribution in [0.5, 0.6) is 0 Å². The highest BCUT2D eigenvalue weighted by molar-refractivity contribution is 6.30. The summed E-state index contributed by atoms with van der Waals surface area (Å²) in [4.78, 5) is 32.6. The van der Waals surface area contributed by atoms with E-state index in [9.17, 15) is 9.59 Å². The van der Waals surface area contributed by atoms with Gasteiger partial charge in [-0.15, -0.1) is 0 Å². The zero-order valence-corrected chi connectivity index (χ0v) is 15.5. The number of halogens is 1. The molecule has 0 bridgehead atoms. The van der Waals surface area contributed by atoms with Crippen LogP contribution in [-0.2, 0) is 0 Å². The van der Waals surface area contributed by atoms with Crippen molar-refractivity contribution in [3.63, 3.8) is 0 Å². The van der Waals surface area contributed by atoms with Crippen molar-refractivity contribution < 1.29 is 4.79 Å². The minimum absolute atomic E-state index is 0.0983. The summed E-state index contributed by atoms with van der Waals surface area (Å²) in [5, 5.41) is 1.38. The molecule has 0 atom stereocenters. The molecule has 4 aromatic rings. The predicted octanol–water partition coefficient (Wildman–Crippen LogP) is 5.14. The van der Waals surface area contributed by atoms with Crippen molar-refractivity contribution in [3.05, 3.63) is 106 Å². The molecule has 0 aliphatic carbocycles. The van der Waals surface area contributed by atoms with Crippen LogP contribution in [0.4, 0.5) is 0 Å². The molecule has 28 heavy (non-hydrogen) atoms. The maximum atomic E-state index is 13.0. The summed E-state index contributed by atoms with van der Waals surface area (Å²) in [5.74, 6) is -0.374. The first-order valence-corrected chi connectivity index (χ1v) is 9.05.